The predicted octanol–water partition coefficient (Wildman–Crippen LogP) is 2.94. The van der Waals surface area contributed by atoms with E-state index in [1.165, 1.54) is 19.3 Å². The Morgan fingerprint density at radius 2 is 2.15 bits per heavy atom. The molecule has 8 nitrogen and oxygen atoms in total. The first-order valence-electron chi connectivity index (χ1n) is 9.80. The minimum absolute atomic E-state index is 0.122. The Kier molecular flexibility index (Phi) is 3.73. The van der Waals surface area contributed by atoms with Gasteiger partial charge in [0.05, 0.1) is 6.20 Å². The minimum atomic E-state index is -0.122. The van der Waals surface area contributed by atoms with Crippen molar-refractivity contribution in [2.75, 3.05) is 11.4 Å². The second kappa shape index (κ2) is 6.14. The summed E-state index contributed by atoms with van der Waals surface area (Å²) in [5, 5.41) is 9.07. The summed E-state index contributed by atoms with van der Waals surface area (Å²) in [6.45, 7) is 5.24. The van der Waals surface area contributed by atoms with Crippen LogP contribution in [0.3, 0.4) is 0 Å². The average Bonchev–Trinajstić information content (AvgIpc) is 3.37. The molecule has 2 aliphatic rings. The number of aromatic nitrogens is 7. The Labute approximate surface area is 158 Å². The van der Waals surface area contributed by atoms with Crippen molar-refractivity contribution in [1.29, 1.82) is 0 Å². The van der Waals surface area contributed by atoms with Crippen LogP contribution in [0.15, 0.2) is 24.9 Å². The third-order valence-electron chi connectivity index (χ3n) is 5.89. The number of imidazole rings is 1. The number of hydrogen-bond acceptors (Lipinski definition) is 6. The molecule has 0 amide bonds. The van der Waals surface area contributed by atoms with Crippen molar-refractivity contribution in [2.24, 2.45) is 0 Å². The Hall–Kier alpha value is -2.77. The van der Waals surface area contributed by atoms with Crippen molar-refractivity contribution in [3.63, 3.8) is 0 Å². The molecule has 8 heteroatoms. The van der Waals surface area contributed by atoms with Crippen LogP contribution in [0, 0.1) is 6.92 Å². The van der Waals surface area contributed by atoms with Gasteiger partial charge in [-0.3, -0.25) is 9.13 Å². The SMILES string of the molecule is CCCCC12CCCCN1c1nc(-n3ccnc3)ncc1-n1c(C)nnc12. The summed E-state index contributed by atoms with van der Waals surface area (Å²) in [6, 6.07) is 0. The Morgan fingerprint density at radius 3 is 2.96 bits per heavy atom. The van der Waals surface area contributed by atoms with E-state index in [4.69, 9.17) is 4.98 Å². The highest BCUT2D eigenvalue weighted by molar-refractivity contribution is 5.64. The Morgan fingerprint density at radius 1 is 1.22 bits per heavy atom. The van der Waals surface area contributed by atoms with Gasteiger partial charge in [0, 0.05) is 18.9 Å². The molecule has 1 atom stereocenters. The van der Waals surface area contributed by atoms with Gasteiger partial charge in [-0.15, -0.1) is 10.2 Å². The monoisotopic (exact) mass is 364 g/mol. The van der Waals surface area contributed by atoms with Gasteiger partial charge in [0.2, 0.25) is 5.95 Å². The van der Waals surface area contributed by atoms with E-state index in [2.05, 4.69) is 36.6 Å². The van der Waals surface area contributed by atoms with E-state index in [0.717, 1.165) is 49.0 Å². The van der Waals surface area contributed by atoms with Gasteiger partial charge >= 0.3 is 0 Å². The molecule has 0 saturated carbocycles. The van der Waals surface area contributed by atoms with E-state index in [0.29, 0.717) is 5.95 Å². The van der Waals surface area contributed by atoms with E-state index in [-0.39, 0.29) is 5.54 Å². The van der Waals surface area contributed by atoms with Crippen LogP contribution < -0.4 is 4.90 Å². The summed E-state index contributed by atoms with van der Waals surface area (Å²) in [4.78, 5) is 16.2. The van der Waals surface area contributed by atoms with Gasteiger partial charge in [-0.25, -0.2) is 9.97 Å². The molecule has 5 rings (SSSR count). The zero-order valence-electron chi connectivity index (χ0n) is 15.8. The van der Waals surface area contributed by atoms with Crippen LogP contribution >= 0.6 is 0 Å². The Balaban J connectivity index is 1.73. The fraction of sp³-hybridized carbons (Fsp3) is 0.526. The quantitative estimate of drug-likeness (QED) is 0.708. The number of piperidine rings is 1. The molecule has 3 aromatic rings. The second-order valence-electron chi connectivity index (χ2n) is 7.50. The number of nitrogens with zero attached hydrogens (tertiary/aromatic N) is 8. The first kappa shape index (κ1) is 16.4. The largest absolute Gasteiger partial charge is 0.342 e. The third kappa shape index (κ3) is 2.32. The maximum atomic E-state index is 4.97. The molecule has 1 unspecified atom stereocenters. The molecule has 5 heterocycles. The maximum absolute atomic E-state index is 4.97. The van der Waals surface area contributed by atoms with E-state index in [1.807, 2.05) is 23.9 Å². The van der Waals surface area contributed by atoms with Crippen LogP contribution in [0.4, 0.5) is 5.82 Å². The molecule has 0 spiro atoms. The van der Waals surface area contributed by atoms with Crippen molar-refractivity contribution < 1.29 is 0 Å². The standard InChI is InChI=1S/C19H24N8/c1-3-4-7-19-8-5-6-10-26(19)16-15(27-14(2)23-24-17(19)27)12-21-18(22-16)25-11-9-20-13-25/h9,11-13H,3-8,10H2,1-2H3. The molecule has 1 fully saturated rings. The number of hydrogen-bond donors (Lipinski definition) is 0. The Bertz CT molecular complexity index is 960. The predicted molar refractivity (Wildman–Crippen MR) is 101 cm³/mol. The van der Waals surface area contributed by atoms with E-state index >= 15 is 0 Å². The number of unbranched alkanes of at least 4 members (excludes halogenated alkanes) is 1. The van der Waals surface area contributed by atoms with Crippen molar-refractivity contribution in [2.45, 2.75) is 57.9 Å². The van der Waals surface area contributed by atoms with Crippen LogP contribution in [0.1, 0.15) is 57.1 Å². The lowest BCUT2D eigenvalue weighted by Crippen LogP contribution is -2.54. The lowest BCUT2D eigenvalue weighted by atomic mass is 9.80. The van der Waals surface area contributed by atoms with Gasteiger partial charge in [0.15, 0.2) is 11.6 Å². The number of rotatable bonds is 4. The fourth-order valence-corrected chi connectivity index (χ4v) is 4.59. The molecular weight excluding hydrogens is 340 g/mol. The van der Waals surface area contributed by atoms with Crippen molar-refractivity contribution >= 4 is 5.82 Å². The summed E-state index contributed by atoms with van der Waals surface area (Å²) >= 11 is 0. The van der Waals surface area contributed by atoms with Crippen LogP contribution in [-0.4, -0.2) is 40.8 Å². The van der Waals surface area contributed by atoms with E-state index in [1.54, 1.807) is 12.5 Å². The van der Waals surface area contributed by atoms with Gasteiger partial charge < -0.3 is 4.90 Å². The van der Waals surface area contributed by atoms with E-state index in [9.17, 15) is 0 Å². The zero-order chi connectivity index (χ0) is 18.4. The summed E-state index contributed by atoms with van der Waals surface area (Å²) in [5.41, 5.74) is 0.855. The normalized spacial score (nSPS) is 20.9. The molecule has 2 aliphatic heterocycles. The zero-order valence-corrected chi connectivity index (χ0v) is 15.8. The molecule has 0 radical (unpaired) electrons. The molecule has 0 aromatic carbocycles. The van der Waals surface area contributed by atoms with Crippen molar-refractivity contribution in [3.05, 3.63) is 36.6 Å². The van der Waals surface area contributed by atoms with Gasteiger partial charge in [-0.05, 0) is 32.6 Å². The summed E-state index contributed by atoms with van der Waals surface area (Å²) in [7, 11) is 0. The maximum Gasteiger partial charge on any atom is 0.236 e. The topological polar surface area (TPSA) is 77.5 Å². The highest BCUT2D eigenvalue weighted by Gasteiger charge is 2.49. The lowest BCUT2D eigenvalue weighted by Gasteiger charge is -2.50. The van der Waals surface area contributed by atoms with Crippen molar-refractivity contribution in [3.8, 4) is 11.6 Å². The van der Waals surface area contributed by atoms with E-state index < -0.39 is 0 Å². The second-order valence-corrected chi connectivity index (χ2v) is 7.50. The fourth-order valence-electron chi connectivity index (χ4n) is 4.59. The highest BCUT2D eigenvalue weighted by atomic mass is 15.4. The first-order chi connectivity index (χ1) is 13.2. The molecule has 0 N–H and O–H groups in total. The summed E-state index contributed by atoms with van der Waals surface area (Å²) in [5.74, 6) is 3.58. The molecule has 0 aliphatic carbocycles. The number of anilines is 1. The smallest absolute Gasteiger partial charge is 0.236 e. The van der Waals surface area contributed by atoms with Crippen LogP contribution in [0.2, 0.25) is 0 Å². The van der Waals surface area contributed by atoms with Crippen molar-refractivity contribution in [1.82, 2.24) is 34.3 Å². The lowest BCUT2D eigenvalue weighted by molar-refractivity contribution is 0.258. The molecule has 27 heavy (non-hydrogen) atoms. The molecule has 3 aromatic heterocycles. The van der Waals surface area contributed by atoms with Gasteiger partial charge in [0.1, 0.15) is 23.4 Å². The van der Waals surface area contributed by atoms with Gasteiger partial charge in [-0.2, -0.15) is 4.98 Å². The number of fused-ring (bicyclic) bond motifs is 6. The highest BCUT2D eigenvalue weighted by Crippen LogP contribution is 2.48. The third-order valence-corrected chi connectivity index (χ3v) is 5.89. The molecule has 0 bridgehead atoms. The molecular formula is C19H24N8. The first-order valence-corrected chi connectivity index (χ1v) is 9.80. The molecule has 1 saturated heterocycles. The van der Waals surface area contributed by atoms with Gasteiger partial charge in [-0.1, -0.05) is 19.8 Å². The van der Waals surface area contributed by atoms with Crippen LogP contribution in [0.25, 0.3) is 11.6 Å². The summed E-state index contributed by atoms with van der Waals surface area (Å²) in [6.07, 6.45) is 14.1. The van der Waals surface area contributed by atoms with Crippen LogP contribution in [0.5, 0.6) is 0 Å². The van der Waals surface area contributed by atoms with Crippen LogP contribution in [-0.2, 0) is 5.54 Å². The van der Waals surface area contributed by atoms with Gasteiger partial charge in [0.25, 0.3) is 0 Å². The number of aryl methyl sites for hydroxylation is 1. The minimum Gasteiger partial charge on any atom is -0.342 e. The average molecular weight is 364 g/mol. The molecule has 140 valence electrons. The summed E-state index contributed by atoms with van der Waals surface area (Å²) < 4.78 is 4.02.